The van der Waals surface area contributed by atoms with Gasteiger partial charge in [0.05, 0.1) is 0 Å². The van der Waals surface area contributed by atoms with Crippen molar-refractivity contribution in [2.24, 2.45) is 0 Å². The smallest absolute Gasteiger partial charge is 0.253 e. The Morgan fingerprint density at radius 1 is 1.40 bits per heavy atom. The van der Waals surface area contributed by atoms with Crippen LogP contribution in [-0.4, -0.2) is 24.4 Å². The fourth-order valence-corrected chi connectivity index (χ4v) is 1.90. The van der Waals surface area contributed by atoms with Gasteiger partial charge in [0, 0.05) is 19.2 Å². The van der Waals surface area contributed by atoms with Crippen LogP contribution in [0.5, 0.6) is 0 Å². The number of nitrogens with zero attached hydrogens (tertiary/aromatic N) is 1. The summed E-state index contributed by atoms with van der Waals surface area (Å²) in [5.41, 5.74) is 3.13. The van der Waals surface area contributed by atoms with Crippen LogP contribution in [0.2, 0.25) is 0 Å². The van der Waals surface area contributed by atoms with Gasteiger partial charge in [-0.1, -0.05) is 24.3 Å². The summed E-state index contributed by atoms with van der Waals surface area (Å²) in [4.78, 5) is 13.7. The summed E-state index contributed by atoms with van der Waals surface area (Å²) in [6.07, 6.45) is 4.97. The van der Waals surface area contributed by atoms with Gasteiger partial charge in [0.15, 0.2) is 0 Å². The minimum Gasteiger partial charge on any atom is -0.341 e. The third kappa shape index (κ3) is 1.80. The SMILES string of the molecule is C/C=C\c1ccc2c(c1)C(=O)N(C)CC2. The molecule has 0 atom stereocenters. The molecular weight excluding hydrogens is 186 g/mol. The number of amides is 1. The van der Waals surface area contributed by atoms with Crippen molar-refractivity contribution >= 4 is 12.0 Å². The van der Waals surface area contributed by atoms with Crippen LogP contribution in [0.3, 0.4) is 0 Å². The number of rotatable bonds is 1. The van der Waals surface area contributed by atoms with Crippen molar-refractivity contribution in [1.82, 2.24) is 4.90 Å². The molecule has 1 aliphatic heterocycles. The van der Waals surface area contributed by atoms with Gasteiger partial charge >= 0.3 is 0 Å². The van der Waals surface area contributed by atoms with Crippen molar-refractivity contribution in [3.63, 3.8) is 0 Å². The maximum absolute atomic E-state index is 11.9. The largest absolute Gasteiger partial charge is 0.341 e. The summed E-state index contributed by atoms with van der Waals surface area (Å²) in [6, 6.07) is 6.11. The average Bonchev–Trinajstić information content (AvgIpc) is 2.25. The van der Waals surface area contributed by atoms with Gasteiger partial charge in [-0.2, -0.15) is 0 Å². The Kier molecular flexibility index (Phi) is 2.58. The molecular formula is C13H15NO. The Bertz CT molecular complexity index is 421. The third-order valence-electron chi connectivity index (χ3n) is 2.79. The first kappa shape index (κ1) is 9.97. The van der Waals surface area contributed by atoms with Crippen molar-refractivity contribution in [3.05, 3.63) is 41.0 Å². The van der Waals surface area contributed by atoms with E-state index in [2.05, 4.69) is 12.1 Å². The zero-order chi connectivity index (χ0) is 10.8. The first-order valence-corrected chi connectivity index (χ1v) is 5.23. The van der Waals surface area contributed by atoms with Crippen LogP contribution >= 0.6 is 0 Å². The second-order valence-electron chi connectivity index (χ2n) is 3.89. The van der Waals surface area contributed by atoms with Gasteiger partial charge < -0.3 is 4.90 Å². The van der Waals surface area contributed by atoms with Gasteiger partial charge in [-0.05, 0) is 30.5 Å². The Morgan fingerprint density at radius 3 is 2.93 bits per heavy atom. The molecule has 1 aromatic rings. The molecule has 0 aliphatic carbocycles. The predicted molar refractivity (Wildman–Crippen MR) is 61.8 cm³/mol. The molecule has 0 bridgehead atoms. The van der Waals surface area contributed by atoms with E-state index in [1.807, 2.05) is 32.2 Å². The lowest BCUT2D eigenvalue weighted by atomic mass is 9.97. The van der Waals surface area contributed by atoms with E-state index in [0.29, 0.717) is 0 Å². The molecule has 0 aromatic heterocycles. The van der Waals surface area contributed by atoms with Gasteiger partial charge in [0.2, 0.25) is 0 Å². The second kappa shape index (κ2) is 3.89. The summed E-state index contributed by atoms with van der Waals surface area (Å²) in [5.74, 6) is 0.141. The molecule has 2 heteroatoms. The second-order valence-corrected chi connectivity index (χ2v) is 3.89. The monoisotopic (exact) mass is 201 g/mol. The number of benzene rings is 1. The molecule has 1 heterocycles. The fourth-order valence-electron chi connectivity index (χ4n) is 1.90. The lowest BCUT2D eigenvalue weighted by molar-refractivity contribution is 0.0781. The summed E-state index contributed by atoms with van der Waals surface area (Å²) in [5, 5.41) is 0. The van der Waals surface area contributed by atoms with Crippen molar-refractivity contribution in [1.29, 1.82) is 0 Å². The standard InChI is InChI=1S/C13H15NO/c1-3-4-10-5-6-11-7-8-14(2)13(15)12(11)9-10/h3-6,9H,7-8H2,1-2H3/b4-3-. The average molecular weight is 201 g/mol. The number of carbonyl (C=O) groups is 1. The number of hydrogen-bond acceptors (Lipinski definition) is 1. The van der Waals surface area contributed by atoms with E-state index in [1.165, 1.54) is 5.56 Å². The topological polar surface area (TPSA) is 20.3 Å². The molecule has 1 aliphatic rings. The van der Waals surface area contributed by atoms with E-state index in [-0.39, 0.29) is 5.91 Å². The van der Waals surface area contributed by atoms with Crippen LogP contribution < -0.4 is 0 Å². The molecule has 0 radical (unpaired) electrons. The van der Waals surface area contributed by atoms with Crippen molar-refractivity contribution in [3.8, 4) is 0 Å². The highest BCUT2D eigenvalue weighted by Gasteiger charge is 2.20. The van der Waals surface area contributed by atoms with E-state index in [1.54, 1.807) is 4.90 Å². The van der Waals surface area contributed by atoms with E-state index in [0.717, 1.165) is 24.1 Å². The number of allylic oxidation sites excluding steroid dienone is 1. The van der Waals surface area contributed by atoms with Gasteiger partial charge in [-0.25, -0.2) is 0 Å². The number of carbonyl (C=O) groups excluding carboxylic acids is 1. The number of hydrogen-bond donors (Lipinski definition) is 0. The quantitative estimate of drug-likeness (QED) is 0.683. The molecule has 0 unspecified atom stereocenters. The van der Waals surface area contributed by atoms with Gasteiger partial charge in [0.1, 0.15) is 0 Å². The zero-order valence-electron chi connectivity index (χ0n) is 9.16. The molecule has 2 nitrogen and oxygen atoms in total. The molecule has 15 heavy (non-hydrogen) atoms. The Balaban J connectivity index is 2.45. The lowest BCUT2D eigenvalue weighted by Crippen LogP contribution is -2.34. The van der Waals surface area contributed by atoms with Gasteiger partial charge in [0.25, 0.3) is 5.91 Å². The van der Waals surface area contributed by atoms with Gasteiger partial charge in [-0.15, -0.1) is 0 Å². The highest BCUT2D eigenvalue weighted by molar-refractivity contribution is 5.97. The van der Waals surface area contributed by atoms with Crippen LogP contribution in [-0.2, 0) is 6.42 Å². The molecule has 78 valence electrons. The predicted octanol–water partition coefficient (Wildman–Crippen LogP) is 2.35. The molecule has 0 spiro atoms. The highest BCUT2D eigenvalue weighted by Crippen LogP contribution is 2.20. The Morgan fingerprint density at radius 2 is 2.20 bits per heavy atom. The van der Waals surface area contributed by atoms with Crippen molar-refractivity contribution < 1.29 is 4.79 Å². The minimum atomic E-state index is 0.141. The molecule has 0 N–H and O–H groups in total. The van der Waals surface area contributed by atoms with Crippen LogP contribution in [0, 0.1) is 0 Å². The van der Waals surface area contributed by atoms with Crippen molar-refractivity contribution in [2.45, 2.75) is 13.3 Å². The minimum absolute atomic E-state index is 0.141. The maximum atomic E-state index is 11.9. The highest BCUT2D eigenvalue weighted by atomic mass is 16.2. The first-order chi connectivity index (χ1) is 7.22. The zero-order valence-corrected chi connectivity index (χ0v) is 9.16. The van der Waals surface area contributed by atoms with E-state index in [4.69, 9.17) is 0 Å². The normalized spacial score (nSPS) is 15.9. The summed E-state index contributed by atoms with van der Waals surface area (Å²) in [6.45, 7) is 2.81. The van der Waals surface area contributed by atoms with Crippen LogP contribution in [0.25, 0.3) is 6.08 Å². The lowest BCUT2D eigenvalue weighted by Gasteiger charge is -2.24. The fraction of sp³-hybridized carbons (Fsp3) is 0.308. The molecule has 0 saturated carbocycles. The maximum Gasteiger partial charge on any atom is 0.253 e. The molecule has 0 fully saturated rings. The molecule has 1 aromatic carbocycles. The molecule has 2 rings (SSSR count). The number of likely N-dealkylation sites (N-methyl/N-ethyl adjacent to an activating group) is 1. The summed E-state index contributed by atoms with van der Waals surface area (Å²) < 4.78 is 0. The first-order valence-electron chi connectivity index (χ1n) is 5.23. The van der Waals surface area contributed by atoms with Crippen LogP contribution in [0.4, 0.5) is 0 Å². The van der Waals surface area contributed by atoms with Gasteiger partial charge in [-0.3, -0.25) is 4.79 Å². The third-order valence-corrected chi connectivity index (χ3v) is 2.79. The summed E-state index contributed by atoms with van der Waals surface area (Å²) >= 11 is 0. The van der Waals surface area contributed by atoms with E-state index >= 15 is 0 Å². The molecule has 0 saturated heterocycles. The molecule has 1 amide bonds. The number of fused-ring (bicyclic) bond motifs is 1. The van der Waals surface area contributed by atoms with E-state index in [9.17, 15) is 4.79 Å². The van der Waals surface area contributed by atoms with E-state index < -0.39 is 0 Å². The van der Waals surface area contributed by atoms with Crippen LogP contribution in [0.1, 0.15) is 28.4 Å². The Hall–Kier alpha value is -1.57. The van der Waals surface area contributed by atoms with Crippen molar-refractivity contribution in [2.75, 3.05) is 13.6 Å². The Labute approximate surface area is 90.2 Å². The van der Waals surface area contributed by atoms with Crippen LogP contribution in [0.15, 0.2) is 24.3 Å². The summed E-state index contributed by atoms with van der Waals surface area (Å²) in [7, 11) is 1.85.